The fourth-order valence-electron chi connectivity index (χ4n) is 18.0. The molecule has 0 spiro atoms. The second-order valence-electron chi connectivity index (χ2n) is 29.2. The van der Waals surface area contributed by atoms with Gasteiger partial charge in [-0.1, -0.05) is 262 Å². The lowest BCUT2D eigenvalue weighted by Gasteiger charge is -2.44. The van der Waals surface area contributed by atoms with Crippen LogP contribution < -0.4 is 0 Å². The highest BCUT2D eigenvalue weighted by atomic mass is 14.6. The van der Waals surface area contributed by atoms with Gasteiger partial charge in [-0.2, -0.15) is 0 Å². The Balaban J connectivity index is 0.000000456. The van der Waals surface area contributed by atoms with Gasteiger partial charge in [-0.3, -0.25) is 0 Å². The van der Waals surface area contributed by atoms with Crippen LogP contribution in [0.25, 0.3) is 0 Å². The third-order valence-electron chi connectivity index (χ3n) is 23.2. The van der Waals surface area contributed by atoms with E-state index in [4.69, 9.17) is 0 Å². The zero-order chi connectivity index (χ0) is 57.4. The van der Waals surface area contributed by atoms with E-state index < -0.39 is 0 Å². The van der Waals surface area contributed by atoms with Crippen molar-refractivity contribution in [2.75, 3.05) is 0 Å². The number of rotatable bonds is 40. The minimum atomic E-state index is 0.829. The van der Waals surface area contributed by atoms with Crippen molar-refractivity contribution in [1.29, 1.82) is 0 Å². The molecule has 15 atom stereocenters. The first-order valence-electron chi connectivity index (χ1n) is 36.3. The summed E-state index contributed by atoms with van der Waals surface area (Å²) in [5, 5.41) is 0. The number of fused-ring (bicyclic) bond motifs is 6. The molecule has 0 nitrogen and oxygen atoms in total. The third kappa shape index (κ3) is 25.3. The SMILES string of the molecule is C=C(C)C(=C)CCC1CC2CC1C1CC(CC)CC21.C=C(C)CC.C=C(C)CCCCCCCCC1C(CCCCCC)CCC(CCCCCCCC)C1CCCCCCCCC(=C)/C=C/C1CC(CC)C2CC(CC)CC12. The van der Waals surface area contributed by atoms with E-state index in [2.05, 4.69) is 100 Å². The summed E-state index contributed by atoms with van der Waals surface area (Å²) in [5.74, 6) is 15.3. The molecule has 6 rings (SSSR count). The summed E-state index contributed by atoms with van der Waals surface area (Å²) in [4.78, 5) is 0. The normalized spacial score (nSPS) is 30.4. The van der Waals surface area contributed by atoms with E-state index in [1.165, 1.54) is 253 Å². The van der Waals surface area contributed by atoms with Gasteiger partial charge in [0.1, 0.15) is 0 Å². The molecule has 6 saturated carbocycles. The van der Waals surface area contributed by atoms with Gasteiger partial charge in [-0.25, -0.2) is 0 Å². The van der Waals surface area contributed by atoms with Gasteiger partial charge in [0.25, 0.3) is 0 Å². The second-order valence-corrected chi connectivity index (χ2v) is 29.2. The molecule has 0 aromatic rings. The molecule has 0 amide bonds. The summed E-state index contributed by atoms with van der Waals surface area (Å²) >= 11 is 0. The van der Waals surface area contributed by atoms with Crippen LogP contribution in [0, 0.1) is 88.8 Å². The first-order chi connectivity index (χ1) is 38.3. The lowest BCUT2D eigenvalue weighted by atomic mass is 9.61. The third-order valence-corrected chi connectivity index (χ3v) is 23.2. The Kier molecular flexibility index (Phi) is 36.0. The average Bonchev–Trinajstić information content (AvgIpc) is 4.36. The maximum absolute atomic E-state index is 4.52. The molecule has 15 unspecified atom stereocenters. The fourth-order valence-corrected chi connectivity index (χ4v) is 18.0. The zero-order valence-electron chi connectivity index (χ0n) is 55.3. The van der Waals surface area contributed by atoms with Crippen LogP contribution in [0.15, 0.2) is 72.9 Å². The van der Waals surface area contributed by atoms with Gasteiger partial charge in [-0.05, 0) is 225 Å². The van der Waals surface area contributed by atoms with Crippen LogP contribution in [0.5, 0.6) is 0 Å². The Morgan fingerprint density at radius 2 is 0.835 bits per heavy atom. The van der Waals surface area contributed by atoms with E-state index in [9.17, 15) is 0 Å². The van der Waals surface area contributed by atoms with E-state index >= 15 is 0 Å². The van der Waals surface area contributed by atoms with Crippen molar-refractivity contribution in [3.05, 3.63) is 72.9 Å². The van der Waals surface area contributed by atoms with Gasteiger partial charge in [0.15, 0.2) is 0 Å². The second kappa shape index (κ2) is 40.7. The zero-order valence-corrected chi connectivity index (χ0v) is 55.3. The molecule has 0 radical (unpaired) electrons. The molecule has 6 fully saturated rings. The van der Waals surface area contributed by atoms with Crippen molar-refractivity contribution in [3.63, 3.8) is 0 Å². The molecule has 0 heteroatoms. The molecule has 456 valence electrons. The molecular formula is C79H140. The summed E-state index contributed by atoms with van der Waals surface area (Å²) in [5.41, 5.74) is 6.49. The van der Waals surface area contributed by atoms with E-state index in [1.807, 2.05) is 6.92 Å². The number of hydrogen-bond acceptors (Lipinski definition) is 0. The fraction of sp³-hybridized carbons (Fsp3) is 0.848. The Morgan fingerprint density at radius 3 is 1.34 bits per heavy atom. The molecule has 0 aromatic heterocycles. The number of allylic oxidation sites excluding steroid dienone is 7. The molecule has 79 heavy (non-hydrogen) atoms. The highest BCUT2D eigenvalue weighted by Crippen LogP contribution is 2.63. The molecule has 0 aromatic carbocycles. The van der Waals surface area contributed by atoms with Crippen LogP contribution in [0.2, 0.25) is 0 Å². The van der Waals surface area contributed by atoms with Gasteiger partial charge in [0, 0.05) is 0 Å². The van der Waals surface area contributed by atoms with E-state index in [0.717, 1.165) is 95.2 Å². The van der Waals surface area contributed by atoms with Crippen molar-refractivity contribution in [1.82, 2.24) is 0 Å². The molecule has 0 N–H and O–H groups in total. The quantitative estimate of drug-likeness (QED) is 0.0326. The lowest BCUT2D eigenvalue weighted by molar-refractivity contribution is 0.0581. The standard InChI is InChI=1S/C55H100.C19H30.C5H10/c1-8-12-14-16-23-29-35-50-41-40-49(34-28-15-13-9-2)52(36-30-24-19-17-21-26-32-45(5)6)53(50)37-31-25-20-18-22-27-33-46(7)38-39-51-44-48(11-4)54-42-47(10-3)43-55(51)54;1-5-14-8-17-16-10-15(7-6-13(4)12(2)3)18(11-16)19(17)9-14;1-4-5(2)3/h38-39,47-55H,5,7-37,40-44H2,1-4,6H3;14-19H,2,4-11H2,1,3H3;2,4H2,1,3H3/b39-38+;;. The van der Waals surface area contributed by atoms with Crippen molar-refractivity contribution in [3.8, 4) is 0 Å². The summed E-state index contributed by atoms with van der Waals surface area (Å²) in [7, 11) is 0. The van der Waals surface area contributed by atoms with Gasteiger partial charge in [0.05, 0.1) is 0 Å². The highest BCUT2D eigenvalue weighted by Gasteiger charge is 2.55. The number of hydrogen-bond donors (Lipinski definition) is 0. The molecule has 6 aliphatic rings. The van der Waals surface area contributed by atoms with Gasteiger partial charge < -0.3 is 0 Å². The van der Waals surface area contributed by atoms with E-state index in [0.29, 0.717) is 0 Å². The largest absolute Gasteiger partial charge is 0.100 e. The average molecular weight is 1090 g/mol. The van der Waals surface area contributed by atoms with Gasteiger partial charge in [-0.15, -0.1) is 13.2 Å². The number of unbranched alkanes of at least 4 members (excludes halogenated alkanes) is 18. The predicted molar refractivity (Wildman–Crippen MR) is 357 cm³/mol. The summed E-state index contributed by atoms with van der Waals surface area (Å²) < 4.78 is 0. The molecule has 0 aliphatic heterocycles. The first kappa shape index (κ1) is 69.9. The Morgan fingerprint density at radius 1 is 0.380 bits per heavy atom. The smallest absolute Gasteiger partial charge is 0.0196 e. The summed E-state index contributed by atoms with van der Waals surface area (Å²) in [6.07, 6.45) is 67.1. The molecule has 2 bridgehead atoms. The maximum atomic E-state index is 4.52. The summed E-state index contributed by atoms with van der Waals surface area (Å²) in [6.45, 7) is 40.9. The molecule has 6 aliphatic carbocycles. The Labute approximate surface area is 497 Å². The van der Waals surface area contributed by atoms with Crippen LogP contribution in [0.4, 0.5) is 0 Å². The van der Waals surface area contributed by atoms with Crippen LogP contribution in [0.1, 0.15) is 338 Å². The van der Waals surface area contributed by atoms with Crippen molar-refractivity contribution in [2.24, 2.45) is 88.8 Å². The van der Waals surface area contributed by atoms with Crippen molar-refractivity contribution < 1.29 is 0 Å². The topological polar surface area (TPSA) is 0 Å². The molecular weight excluding hydrogens is 949 g/mol. The van der Waals surface area contributed by atoms with Crippen LogP contribution in [-0.4, -0.2) is 0 Å². The Hall–Kier alpha value is -1.56. The minimum Gasteiger partial charge on any atom is -0.100 e. The minimum absolute atomic E-state index is 0.829. The van der Waals surface area contributed by atoms with E-state index in [1.54, 1.807) is 44.9 Å². The van der Waals surface area contributed by atoms with E-state index in [-0.39, 0.29) is 0 Å². The van der Waals surface area contributed by atoms with Gasteiger partial charge in [0.2, 0.25) is 0 Å². The van der Waals surface area contributed by atoms with Crippen LogP contribution >= 0.6 is 0 Å². The molecule has 0 saturated heterocycles. The van der Waals surface area contributed by atoms with Gasteiger partial charge >= 0.3 is 0 Å². The van der Waals surface area contributed by atoms with Crippen LogP contribution in [0.3, 0.4) is 0 Å². The van der Waals surface area contributed by atoms with Crippen molar-refractivity contribution >= 4 is 0 Å². The summed E-state index contributed by atoms with van der Waals surface area (Å²) in [6, 6.07) is 0. The highest BCUT2D eigenvalue weighted by molar-refractivity contribution is 5.22. The van der Waals surface area contributed by atoms with Crippen molar-refractivity contribution in [2.45, 2.75) is 338 Å². The lowest BCUT2D eigenvalue weighted by Crippen LogP contribution is -2.35. The first-order valence-corrected chi connectivity index (χ1v) is 36.3. The maximum Gasteiger partial charge on any atom is -0.0196 e. The predicted octanol–water partition coefficient (Wildman–Crippen LogP) is 26.6. The monoisotopic (exact) mass is 1090 g/mol. The Bertz CT molecular complexity index is 1680. The van der Waals surface area contributed by atoms with Crippen LogP contribution in [-0.2, 0) is 0 Å². The molecule has 0 heterocycles.